The van der Waals surface area contributed by atoms with Crippen LogP contribution in [0.1, 0.15) is 26.3 Å². The molecule has 1 N–H and O–H groups in total. The highest BCUT2D eigenvalue weighted by molar-refractivity contribution is 6.29. The predicted molar refractivity (Wildman–Crippen MR) is 89.7 cm³/mol. The second kappa shape index (κ2) is 7.74. The number of rotatable bonds is 5. The molecule has 0 fully saturated rings. The molecule has 23 heavy (non-hydrogen) atoms. The number of carbonyl (C=O) groups excluding carboxylic acids is 2. The Balaban J connectivity index is 1.91. The number of aromatic nitrogens is 1. The summed E-state index contributed by atoms with van der Waals surface area (Å²) in [5.41, 5.74) is 2.10. The molecule has 2 aromatic rings. The third-order valence-electron chi connectivity index (χ3n) is 3.27. The van der Waals surface area contributed by atoms with Crippen LogP contribution in [0.3, 0.4) is 0 Å². The number of halogens is 1. The lowest BCUT2D eigenvalue weighted by Gasteiger charge is -2.11. The summed E-state index contributed by atoms with van der Waals surface area (Å²) in [6.07, 6.45) is 2.08. The number of hydrogen-bond acceptors (Lipinski definition) is 3. The van der Waals surface area contributed by atoms with Crippen molar-refractivity contribution in [3.8, 4) is 0 Å². The number of amides is 2. The van der Waals surface area contributed by atoms with Gasteiger partial charge in [-0.2, -0.15) is 0 Å². The van der Waals surface area contributed by atoms with E-state index in [4.69, 9.17) is 11.6 Å². The predicted octanol–water partition coefficient (Wildman–Crippen LogP) is 2.41. The summed E-state index contributed by atoms with van der Waals surface area (Å²) in [4.78, 5) is 29.3. The maximum Gasteiger partial charge on any atom is 0.253 e. The highest BCUT2D eigenvalue weighted by Gasteiger charge is 2.09. The van der Waals surface area contributed by atoms with Gasteiger partial charge in [-0.15, -0.1) is 0 Å². The topological polar surface area (TPSA) is 62.3 Å². The van der Waals surface area contributed by atoms with Crippen molar-refractivity contribution in [1.29, 1.82) is 0 Å². The second-order valence-corrected chi connectivity index (χ2v) is 5.66. The minimum absolute atomic E-state index is 0.0388. The van der Waals surface area contributed by atoms with E-state index in [1.165, 1.54) is 11.1 Å². The fourth-order valence-electron chi connectivity index (χ4n) is 2.05. The molecule has 0 atom stereocenters. The molecule has 6 heteroatoms. The van der Waals surface area contributed by atoms with Crippen LogP contribution in [0.15, 0.2) is 42.6 Å². The third-order valence-corrected chi connectivity index (χ3v) is 3.49. The average Bonchev–Trinajstić information content (AvgIpc) is 2.55. The van der Waals surface area contributed by atoms with Gasteiger partial charge < -0.3 is 10.2 Å². The number of nitrogens with zero attached hydrogens (tertiary/aromatic N) is 2. The molecular weight excluding hydrogens is 314 g/mol. The van der Waals surface area contributed by atoms with Crippen molar-refractivity contribution in [3.05, 3.63) is 64.4 Å². The van der Waals surface area contributed by atoms with E-state index < -0.39 is 0 Å². The van der Waals surface area contributed by atoms with Crippen molar-refractivity contribution < 1.29 is 9.59 Å². The molecule has 120 valence electrons. The normalized spacial score (nSPS) is 10.2. The van der Waals surface area contributed by atoms with Crippen LogP contribution in [0.4, 0.5) is 0 Å². The van der Waals surface area contributed by atoms with Gasteiger partial charge in [-0.3, -0.25) is 9.59 Å². The molecule has 0 spiro atoms. The maximum atomic E-state index is 12.0. The zero-order valence-corrected chi connectivity index (χ0v) is 13.8. The van der Waals surface area contributed by atoms with Gasteiger partial charge in [0, 0.05) is 32.4 Å². The highest BCUT2D eigenvalue weighted by Crippen LogP contribution is 2.08. The Morgan fingerprint density at radius 1 is 1.17 bits per heavy atom. The number of nitrogens with one attached hydrogen (secondary N) is 1. The van der Waals surface area contributed by atoms with Crippen molar-refractivity contribution >= 4 is 23.4 Å². The van der Waals surface area contributed by atoms with Crippen molar-refractivity contribution in [2.24, 2.45) is 0 Å². The van der Waals surface area contributed by atoms with Gasteiger partial charge >= 0.3 is 0 Å². The van der Waals surface area contributed by atoms with Gasteiger partial charge in [0.15, 0.2) is 0 Å². The van der Waals surface area contributed by atoms with Crippen LogP contribution in [-0.4, -0.2) is 42.3 Å². The molecule has 2 rings (SSSR count). The number of pyridine rings is 1. The molecule has 0 saturated heterocycles. The van der Waals surface area contributed by atoms with Gasteiger partial charge in [0.25, 0.3) is 11.8 Å². The standard InChI is InChI=1S/C17H18ClN3O2/c1-21(2)17(23)13-5-3-4-12(10-13)8-9-19-16(22)14-6-7-15(18)20-11-14/h3-7,10-11H,8-9H2,1-2H3,(H,19,22). The summed E-state index contributed by atoms with van der Waals surface area (Å²) in [7, 11) is 3.44. The van der Waals surface area contributed by atoms with E-state index >= 15 is 0 Å². The van der Waals surface area contributed by atoms with E-state index in [0.29, 0.717) is 29.2 Å². The van der Waals surface area contributed by atoms with Crippen LogP contribution >= 0.6 is 11.6 Å². The summed E-state index contributed by atoms with van der Waals surface area (Å²) in [5.74, 6) is -0.238. The van der Waals surface area contributed by atoms with E-state index in [1.54, 1.807) is 32.3 Å². The Bertz CT molecular complexity index is 699. The van der Waals surface area contributed by atoms with Crippen molar-refractivity contribution in [2.75, 3.05) is 20.6 Å². The summed E-state index contributed by atoms with van der Waals surface area (Å²) in [6.45, 7) is 0.473. The lowest BCUT2D eigenvalue weighted by molar-refractivity contribution is 0.0827. The van der Waals surface area contributed by atoms with Gasteiger partial charge in [-0.25, -0.2) is 4.98 Å². The van der Waals surface area contributed by atoms with Gasteiger partial charge in [-0.1, -0.05) is 23.7 Å². The zero-order valence-electron chi connectivity index (χ0n) is 13.0. The lowest BCUT2D eigenvalue weighted by atomic mass is 10.1. The molecule has 0 saturated carbocycles. The first-order valence-corrected chi connectivity index (χ1v) is 7.55. The summed E-state index contributed by atoms with van der Waals surface area (Å²) in [6, 6.07) is 10.6. The molecule has 0 aliphatic rings. The quantitative estimate of drug-likeness (QED) is 0.856. The van der Waals surface area contributed by atoms with Gasteiger partial charge in [0.2, 0.25) is 0 Å². The molecule has 5 nitrogen and oxygen atoms in total. The maximum absolute atomic E-state index is 12.0. The Morgan fingerprint density at radius 3 is 2.61 bits per heavy atom. The highest BCUT2D eigenvalue weighted by atomic mass is 35.5. The summed E-state index contributed by atoms with van der Waals surface area (Å²) in [5, 5.41) is 3.17. The smallest absolute Gasteiger partial charge is 0.253 e. The van der Waals surface area contributed by atoms with Crippen LogP contribution in [-0.2, 0) is 6.42 Å². The molecule has 1 heterocycles. The monoisotopic (exact) mass is 331 g/mol. The fraction of sp³-hybridized carbons (Fsp3) is 0.235. The van der Waals surface area contributed by atoms with E-state index in [2.05, 4.69) is 10.3 Å². The van der Waals surface area contributed by atoms with Crippen LogP contribution in [0.2, 0.25) is 5.15 Å². The molecule has 0 aliphatic carbocycles. The lowest BCUT2D eigenvalue weighted by Crippen LogP contribution is -2.26. The molecule has 0 unspecified atom stereocenters. The largest absolute Gasteiger partial charge is 0.352 e. The second-order valence-electron chi connectivity index (χ2n) is 5.28. The number of hydrogen-bond donors (Lipinski definition) is 1. The molecule has 0 aliphatic heterocycles. The van der Waals surface area contributed by atoms with Crippen molar-refractivity contribution in [1.82, 2.24) is 15.2 Å². The van der Waals surface area contributed by atoms with Crippen molar-refractivity contribution in [2.45, 2.75) is 6.42 Å². The molecule has 0 bridgehead atoms. The number of benzene rings is 1. The van der Waals surface area contributed by atoms with Crippen LogP contribution in [0.25, 0.3) is 0 Å². The van der Waals surface area contributed by atoms with Gasteiger partial charge in [-0.05, 0) is 36.2 Å². The fourth-order valence-corrected chi connectivity index (χ4v) is 2.16. The Kier molecular flexibility index (Phi) is 5.71. The summed E-state index contributed by atoms with van der Waals surface area (Å²) < 4.78 is 0. The average molecular weight is 332 g/mol. The van der Waals surface area contributed by atoms with Crippen LogP contribution < -0.4 is 5.32 Å². The molecule has 1 aromatic heterocycles. The van der Waals surface area contributed by atoms with E-state index in [1.807, 2.05) is 18.2 Å². The number of carbonyl (C=O) groups is 2. The minimum Gasteiger partial charge on any atom is -0.352 e. The SMILES string of the molecule is CN(C)C(=O)c1cccc(CCNC(=O)c2ccc(Cl)nc2)c1. The van der Waals surface area contributed by atoms with E-state index in [0.717, 1.165) is 5.56 Å². The van der Waals surface area contributed by atoms with Crippen molar-refractivity contribution in [3.63, 3.8) is 0 Å². The summed E-state index contributed by atoms with van der Waals surface area (Å²) >= 11 is 5.69. The van der Waals surface area contributed by atoms with E-state index in [9.17, 15) is 9.59 Å². The first kappa shape index (κ1) is 17.0. The van der Waals surface area contributed by atoms with Crippen LogP contribution in [0.5, 0.6) is 0 Å². The Labute approximate surface area is 140 Å². The molecular formula is C17H18ClN3O2. The third kappa shape index (κ3) is 4.79. The van der Waals surface area contributed by atoms with Gasteiger partial charge in [0.05, 0.1) is 5.56 Å². The first-order valence-electron chi connectivity index (χ1n) is 7.17. The first-order chi connectivity index (χ1) is 11.0. The zero-order chi connectivity index (χ0) is 16.8. The molecule has 2 amide bonds. The molecule has 1 aromatic carbocycles. The molecule has 0 radical (unpaired) electrons. The Morgan fingerprint density at radius 2 is 1.96 bits per heavy atom. The Hall–Kier alpha value is -2.40. The van der Waals surface area contributed by atoms with E-state index in [-0.39, 0.29) is 11.8 Å². The van der Waals surface area contributed by atoms with Crippen LogP contribution in [0, 0.1) is 0 Å². The van der Waals surface area contributed by atoms with Gasteiger partial charge in [0.1, 0.15) is 5.15 Å². The minimum atomic E-state index is -0.199.